The summed E-state index contributed by atoms with van der Waals surface area (Å²) in [6, 6.07) is 0. The summed E-state index contributed by atoms with van der Waals surface area (Å²) < 4.78 is 24.4. The van der Waals surface area contributed by atoms with E-state index in [0.717, 1.165) is 13.0 Å². The number of nitrogens with one attached hydrogen (secondary N) is 1. The Balaban J connectivity index is 1.76. The van der Waals surface area contributed by atoms with Crippen LogP contribution in [0.1, 0.15) is 6.42 Å². The fourth-order valence-corrected chi connectivity index (χ4v) is 3.91. The van der Waals surface area contributed by atoms with Gasteiger partial charge in [-0.2, -0.15) is 5.10 Å². The van der Waals surface area contributed by atoms with E-state index in [9.17, 15) is 13.2 Å². The van der Waals surface area contributed by atoms with Gasteiger partial charge in [-0.3, -0.25) is 4.79 Å². The summed E-state index contributed by atoms with van der Waals surface area (Å²) in [5, 5.41) is 7.13. The topological polar surface area (TPSA) is 84.3 Å². The number of hydrogen-bond acceptors (Lipinski definition) is 6. The predicted octanol–water partition coefficient (Wildman–Crippen LogP) is 0.0752. The van der Waals surface area contributed by atoms with Crippen LogP contribution in [-0.2, 0) is 16.9 Å². The number of sulfone groups is 1. The summed E-state index contributed by atoms with van der Waals surface area (Å²) in [6.07, 6.45) is 2.49. The zero-order chi connectivity index (χ0) is 15.5. The first-order valence-electron chi connectivity index (χ1n) is 6.77. The third-order valence-electron chi connectivity index (χ3n) is 3.48. The van der Waals surface area contributed by atoms with Crippen LogP contribution in [0, 0.1) is 0 Å². The molecule has 1 aromatic heterocycles. The molecule has 0 amide bonds. The minimum Gasteiger partial charge on any atom is -0.383 e. The van der Waals surface area contributed by atoms with Gasteiger partial charge in [0.2, 0.25) is 0 Å². The van der Waals surface area contributed by atoms with Gasteiger partial charge in [0.15, 0.2) is 9.84 Å². The smallest absolute Gasteiger partial charge is 0.282 e. The Hall–Kier alpha value is -0.930. The van der Waals surface area contributed by atoms with Crippen LogP contribution >= 0.6 is 15.9 Å². The molecular weight excluding hydrogens is 360 g/mol. The van der Waals surface area contributed by atoms with Crippen LogP contribution in [0.4, 0.5) is 5.69 Å². The summed E-state index contributed by atoms with van der Waals surface area (Å²) in [5.41, 5.74) is 0.501. The molecule has 118 valence electrons. The Bertz CT molecular complexity index is 645. The average Bonchev–Trinajstić information content (AvgIpc) is 2.44. The summed E-state index contributed by atoms with van der Waals surface area (Å²) >= 11 is 3.26. The molecule has 0 spiro atoms. The lowest BCUT2D eigenvalue weighted by atomic mass is 10.3. The largest absolute Gasteiger partial charge is 0.383 e. The average molecular weight is 379 g/mol. The van der Waals surface area contributed by atoms with Gasteiger partial charge in [-0.25, -0.2) is 13.1 Å². The number of halogens is 1. The lowest BCUT2D eigenvalue weighted by molar-refractivity contribution is 0.295. The van der Waals surface area contributed by atoms with Crippen LogP contribution in [-0.4, -0.2) is 60.8 Å². The fourth-order valence-electron chi connectivity index (χ4n) is 2.13. The highest BCUT2D eigenvalue weighted by Gasteiger charge is 2.20. The van der Waals surface area contributed by atoms with Crippen LogP contribution < -0.4 is 10.9 Å². The molecule has 0 radical (unpaired) electrons. The maximum Gasteiger partial charge on any atom is 0.282 e. The molecule has 1 aromatic rings. The zero-order valence-corrected chi connectivity index (χ0v) is 14.3. The Morgan fingerprint density at radius 2 is 2.05 bits per heavy atom. The van der Waals surface area contributed by atoms with Crippen molar-refractivity contribution in [2.45, 2.75) is 6.42 Å². The lowest BCUT2D eigenvalue weighted by Crippen LogP contribution is -2.41. The highest BCUT2D eigenvalue weighted by molar-refractivity contribution is 9.10. The number of nitrogens with zero attached hydrogens (tertiary/aromatic N) is 3. The summed E-state index contributed by atoms with van der Waals surface area (Å²) in [5.74, 6) is 0.509. The molecule has 1 N–H and O–H groups in total. The van der Waals surface area contributed by atoms with E-state index in [1.807, 2.05) is 0 Å². The van der Waals surface area contributed by atoms with Gasteiger partial charge in [-0.05, 0) is 28.9 Å². The van der Waals surface area contributed by atoms with Gasteiger partial charge in [-0.15, -0.1) is 0 Å². The van der Waals surface area contributed by atoms with Crippen molar-refractivity contribution in [1.29, 1.82) is 0 Å². The van der Waals surface area contributed by atoms with Crippen LogP contribution in [0.2, 0.25) is 0 Å². The third-order valence-corrected chi connectivity index (χ3v) is 5.86. The number of aromatic nitrogens is 2. The van der Waals surface area contributed by atoms with E-state index in [0.29, 0.717) is 29.8 Å². The van der Waals surface area contributed by atoms with Gasteiger partial charge in [0.25, 0.3) is 5.56 Å². The molecule has 2 rings (SSSR count). The van der Waals surface area contributed by atoms with Gasteiger partial charge in [-0.1, -0.05) is 0 Å². The Morgan fingerprint density at radius 1 is 1.38 bits per heavy atom. The molecule has 9 heteroatoms. The van der Waals surface area contributed by atoms with Gasteiger partial charge in [0.05, 0.1) is 23.4 Å². The molecule has 1 saturated heterocycles. The monoisotopic (exact) mass is 378 g/mol. The van der Waals surface area contributed by atoms with Crippen molar-refractivity contribution in [3.05, 3.63) is 21.0 Å². The Kier molecular flexibility index (Phi) is 5.39. The molecule has 1 aliphatic rings. The highest BCUT2D eigenvalue weighted by Crippen LogP contribution is 2.15. The van der Waals surface area contributed by atoms with Gasteiger partial charge in [0, 0.05) is 26.7 Å². The van der Waals surface area contributed by atoms with Crippen molar-refractivity contribution in [1.82, 2.24) is 14.7 Å². The second-order valence-electron chi connectivity index (χ2n) is 5.07. The quantitative estimate of drug-likeness (QED) is 0.730. The van der Waals surface area contributed by atoms with Crippen LogP contribution in [0.15, 0.2) is 15.5 Å². The van der Waals surface area contributed by atoms with E-state index in [1.165, 1.54) is 4.68 Å². The highest BCUT2D eigenvalue weighted by atomic mass is 79.9. The molecule has 1 fully saturated rings. The maximum atomic E-state index is 11.7. The summed E-state index contributed by atoms with van der Waals surface area (Å²) in [7, 11) is -1.21. The van der Waals surface area contributed by atoms with E-state index >= 15 is 0 Å². The standard InChI is InChI=1S/C12H19BrN4O3S/c1-16-12(18)11(13)10(9-15-16)14-3-2-4-17-5-7-21(19,20)8-6-17/h9,14H,2-8H2,1H3. The van der Waals surface area contributed by atoms with Crippen molar-refractivity contribution >= 4 is 31.5 Å². The molecule has 0 unspecified atom stereocenters. The van der Waals surface area contributed by atoms with Gasteiger partial charge >= 0.3 is 0 Å². The first kappa shape index (κ1) is 16.4. The predicted molar refractivity (Wildman–Crippen MR) is 85.4 cm³/mol. The molecule has 0 aromatic carbocycles. The molecule has 7 nitrogen and oxygen atoms in total. The van der Waals surface area contributed by atoms with E-state index in [2.05, 4.69) is 31.2 Å². The van der Waals surface area contributed by atoms with Gasteiger partial charge in [0.1, 0.15) is 4.47 Å². The zero-order valence-electron chi connectivity index (χ0n) is 11.9. The molecule has 0 bridgehead atoms. The van der Waals surface area contributed by atoms with E-state index in [4.69, 9.17) is 0 Å². The second kappa shape index (κ2) is 6.89. The minimum absolute atomic E-state index is 0.179. The molecule has 0 aliphatic carbocycles. The molecule has 0 saturated carbocycles. The summed E-state index contributed by atoms with van der Waals surface area (Å²) in [4.78, 5) is 13.8. The number of aryl methyl sites for hydroxylation is 1. The van der Waals surface area contributed by atoms with Crippen LogP contribution in [0.3, 0.4) is 0 Å². The third kappa shape index (κ3) is 4.52. The molecular formula is C12H19BrN4O3S. The lowest BCUT2D eigenvalue weighted by Gasteiger charge is -2.26. The van der Waals surface area contributed by atoms with Crippen molar-refractivity contribution in [2.24, 2.45) is 7.05 Å². The van der Waals surface area contributed by atoms with Crippen molar-refractivity contribution in [3.8, 4) is 0 Å². The number of anilines is 1. The summed E-state index contributed by atoms with van der Waals surface area (Å²) in [6.45, 7) is 2.77. The normalized spacial score (nSPS) is 18.6. The number of hydrogen-bond donors (Lipinski definition) is 1. The first-order valence-corrected chi connectivity index (χ1v) is 9.39. The van der Waals surface area contributed by atoms with E-state index in [1.54, 1.807) is 13.2 Å². The number of rotatable bonds is 5. The molecule has 1 aliphatic heterocycles. The van der Waals surface area contributed by atoms with Crippen molar-refractivity contribution in [2.75, 3.05) is 43.0 Å². The molecule has 0 atom stereocenters. The van der Waals surface area contributed by atoms with Crippen molar-refractivity contribution in [3.63, 3.8) is 0 Å². The first-order chi connectivity index (χ1) is 9.89. The van der Waals surface area contributed by atoms with Crippen LogP contribution in [0.25, 0.3) is 0 Å². The Morgan fingerprint density at radius 3 is 2.71 bits per heavy atom. The van der Waals surface area contributed by atoms with Crippen LogP contribution in [0.5, 0.6) is 0 Å². The maximum absolute atomic E-state index is 11.7. The van der Waals surface area contributed by atoms with Crippen molar-refractivity contribution < 1.29 is 8.42 Å². The Labute approximate surface area is 132 Å². The molecule has 21 heavy (non-hydrogen) atoms. The van der Waals surface area contributed by atoms with Gasteiger partial charge < -0.3 is 10.2 Å². The minimum atomic E-state index is -2.81. The molecule has 2 heterocycles. The van der Waals surface area contributed by atoms with E-state index in [-0.39, 0.29) is 17.1 Å². The second-order valence-corrected chi connectivity index (χ2v) is 8.17. The fraction of sp³-hybridized carbons (Fsp3) is 0.667. The van der Waals surface area contributed by atoms with E-state index < -0.39 is 9.84 Å². The SMILES string of the molecule is Cn1ncc(NCCCN2CCS(=O)(=O)CC2)c(Br)c1=O.